The van der Waals surface area contributed by atoms with Crippen LogP contribution < -0.4 is 5.32 Å². The smallest absolute Gasteiger partial charge is 0.239 e. The van der Waals surface area contributed by atoms with E-state index in [1.165, 1.54) is 0 Å². The number of amides is 1. The third-order valence-electron chi connectivity index (χ3n) is 3.04. The van der Waals surface area contributed by atoms with Gasteiger partial charge >= 0.3 is 0 Å². The molecule has 0 radical (unpaired) electrons. The fraction of sp³-hybridized carbons (Fsp3) is 0.727. The lowest BCUT2D eigenvalue weighted by atomic mass is 10.0. The number of likely N-dealkylation sites (N-methyl/N-ethyl adjacent to an activating group) is 1. The van der Waals surface area contributed by atoms with Gasteiger partial charge in [0.25, 0.3) is 0 Å². The quantitative estimate of drug-likeness (QED) is 0.807. The molecule has 1 atom stereocenters. The number of hydrogen-bond donors (Lipinski definition) is 1. The van der Waals surface area contributed by atoms with Gasteiger partial charge in [-0.15, -0.1) is 0 Å². The molecule has 1 amide bonds. The van der Waals surface area contributed by atoms with Crippen LogP contribution in [-0.4, -0.2) is 47.1 Å². The second-order valence-electron chi connectivity index (χ2n) is 4.29. The molecule has 17 heavy (non-hydrogen) atoms. The molecule has 94 valence electrons. The molecular weight excluding hydrogens is 220 g/mol. The molecule has 1 aromatic rings. The van der Waals surface area contributed by atoms with Gasteiger partial charge in [-0.05, 0) is 26.8 Å². The Bertz CT molecular complexity index is 391. The fourth-order valence-corrected chi connectivity index (χ4v) is 2.10. The van der Waals surface area contributed by atoms with Crippen LogP contribution in [0, 0.1) is 6.92 Å². The van der Waals surface area contributed by atoms with Crippen molar-refractivity contribution in [3.63, 3.8) is 0 Å². The van der Waals surface area contributed by atoms with E-state index in [2.05, 4.69) is 15.5 Å². The molecular formula is C11H18N4O2. The van der Waals surface area contributed by atoms with Crippen molar-refractivity contribution in [3.05, 3.63) is 11.7 Å². The summed E-state index contributed by atoms with van der Waals surface area (Å²) in [7, 11) is 1.83. The topological polar surface area (TPSA) is 71.3 Å². The summed E-state index contributed by atoms with van der Waals surface area (Å²) in [5.41, 5.74) is 0. The zero-order chi connectivity index (χ0) is 12.3. The Morgan fingerprint density at radius 3 is 3.06 bits per heavy atom. The van der Waals surface area contributed by atoms with E-state index in [0.717, 1.165) is 19.4 Å². The van der Waals surface area contributed by atoms with E-state index >= 15 is 0 Å². The normalized spacial score (nSPS) is 20.9. The molecule has 0 aromatic carbocycles. The van der Waals surface area contributed by atoms with Crippen molar-refractivity contribution in [2.24, 2.45) is 0 Å². The molecule has 0 aliphatic carbocycles. The summed E-state index contributed by atoms with van der Waals surface area (Å²) in [4.78, 5) is 18.0. The second kappa shape index (κ2) is 5.27. The minimum absolute atomic E-state index is 0.0341. The van der Waals surface area contributed by atoms with Gasteiger partial charge in [-0.1, -0.05) is 5.16 Å². The summed E-state index contributed by atoms with van der Waals surface area (Å²) in [6.07, 6.45) is 2.59. The molecule has 2 rings (SSSR count). The highest BCUT2D eigenvalue weighted by Gasteiger charge is 2.27. The van der Waals surface area contributed by atoms with Gasteiger partial charge in [0.1, 0.15) is 0 Å². The van der Waals surface area contributed by atoms with Crippen molar-refractivity contribution in [1.29, 1.82) is 0 Å². The Labute approximate surface area is 100 Å². The van der Waals surface area contributed by atoms with Gasteiger partial charge in [0, 0.05) is 19.5 Å². The molecule has 6 heteroatoms. The second-order valence-corrected chi connectivity index (χ2v) is 4.29. The third kappa shape index (κ3) is 2.82. The SMILES string of the molecule is CNC1CCCN(CCc2nc(C)no2)C1=O. The maximum Gasteiger partial charge on any atom is 0.239 e. The van der Waals surface area contributed by atoms with Crippen LogP contribution >= 0.6 is 0 Å². The van der Waals surface area contributed by atoms with E-state index in [9.17, 15) is 4.79 Å². The van der Waals surface area contributed by atoms with Crippen LogP contribution in [0.1, 0.15) is 24.6 Å². The highest BCUT2D eigenvalue weighted by Crippen LogP contribution is 2.12. The summed E-state index contributed by atoms with van der Waals surface area (Å²) in [6, 6.07) is -0.0341. The predicted molar refractivity (Wildman–Crippen MR) is 61.4 cm³/mol. The standard InChI is InChI=1S/C11H18N4O2/c1-8-13-10(17-14-8)5-7-15-6-3-4-9(12-2)11(15)16/h9,12H,3-7H2,1-2H3. The first-order valence-corrected chi connectivity index (χ1v) is 5.96. The third-order valence-corrected chi connectivity index (χ3v) is 3.04. The van der Waals surface area contributed by atoms with Crippen LogP contribution in [0.15, 0.2) is 4.52 Å². The van der Waals surface area contributed by atoms with Crippen LogP contribution in [0.2, 0.25) is 0 Å². The van der Waals surface area contributed by atoms with Crippen molar-refractivity contribution in [3.8, 4) is 0 Å². The summed E-state index contributed by atoms with van der Waals surface area (Å²) in [5, 5.41) is 6.77. The molecule has 0 spiro atoms. The van der Waals surface area contributed by atoms with Gasteiger partial charge in [-0.2, -0.15) is 4.98 Å². The number of rotatable bonds is 4. The molecule has 0 saturated carbocycles. The Kier molecular flexibility index (Phi) is 3.73. The van der Waals surface area contributed by atoms with Crippen molar-refractivity contribution < 1.29 is 9.32 Å². The van der Waals surface area contributed by atoms with Gasteiger partial charge in [-0.25, -0.2) is 0 Å². The molecule has 1 aromatic heterocycles. The predicted octanol–water partition coefficient (Wildman–Crippen LogP) is 0.131. The molecule has 1 aliphatic heterocycles. The van der Waals surface area contributed by atoms with Crippen LogP contribution in [0.4, 0.5) is 0 Å². The minimum Gasteiger partial charge on any atom is -0.341 e. The van der Waals surface area contributed by atoms with E-state index < -0.39 is 0 Å². The van der Waals surface area contributed by atoms with Crippen LogP contribution in [0.3, 0.4) is 0 Å². The lowest BCUT2D eigenvalue weighted by Crippen LogP contribution is -2.50. The number of nitrogens with zero attached hydrogens (tertiary/aromatic N) is 3. The van der Waals surface area contributed by atoms with Gasteiger partial charge in [-0.3, -0.25) is 4.79 Å². The summed E-state index contributed by atoms with van der Waals surface area (Å²) < 4.78 is 5.03. The number of aryl methyl sites for hydroxylation is 1. The van der Waals surface area contributed by atoms with Crippen LogP contribution in [0.5, 0.6) is 0 Å². The number of piperidine rings is 1. The summed E-state index contributed by atoms with van der Waals surface area (Å²) in [6.45, 7) is 3.26. The van der Waals surface area contributed by atoms with E-state index in [1.54, 1.807) is 6.92 Å². The number of carbonyl (C=O) groups is 1. The van der Waals surface area contributed by atoms with Crippen molar-refractivity contribution in [1.82, 2.24) is 20.4 Å². The monoisotopic (exact) mass is 238 g/mol. The van der Waals surface area contributed by atoms with E-state index in [0.29, 0.717) is 24.7 Å². The molecule has 1 N–H and O–H groups in total. The van der Waals surface area contributed by atoms with Crippen LogP contribution in [0.25, 0.3) is 0 Å². The number of carbonyl (C=O) groups excluding carboxylic acids is 1. The lowest BCUT2D eigenvalue weighted by Gasteiger charge is -2.31. The Balaban J connectivity index is 1.88. The first-order chi connectivity index (χ1) is 8.20. The first-order valence-electron chi connectivity index (χ1n) is 5.96. The minimum atomic E-state index is -0.0341. The maximum atomic E-state index is 12.0. The highest BCUT2D eigenvalue weighted by molar-refractivity contribution is 5.82. The molecule has 2 heterocycles. The van der Waals surface area contributed by atoms with Gasteiger partial charge in [0.05, 0.1) is 6.04 Å². The Hall–Kier alpha value is -1.43. The first kappa shape index (κ1) is 12.0. The maximum absolute atomic E-state index is 12.0. The number of likely N-dealkylation sites (tertiary alicyclic amines) is 1. The molecule has 1 unspecified atom stereocenters. The largest absolute Gasteiger partial charge is 0.341 e. The van der Waals surface area contributed by atoms with Gasteiger partial charge < -0.3 is 14.7 Å². The molecule has 0 bridgehead atoms. The number of aromatic nitrogens is 2. The van der Waals surface area contributed by atoms with Crippen LogP contribution in [-0.2, 0) is 11.2 Å². The highest BCUT2D eigenvalue weighted by atomic mass is 16.5. The summed E-state index contributed by atoms with van der Waals surface area (Å²) >= 11 is 0. The Morgan fingerprint density at radius 1 is 1.59 bits per heavy atom. The molecule has 1 fully saturated rings. The van der Waals surface area contributed by atoms with Gasteiger partial charge in [0.2, 0.25) is 11.8 Å². The molecule has 1 saturated heterocycles. The summed E-state index contributed by atoms with van der Waals surface area (Å²) in [5.74, 6) is 1.41. The van der Waals surface area contributed by atoms with E-state index in [1.807, 2.05) is 11.9 Å². The number of hydrogen-bond acceptors (Lipinski definition) is 5. The zero-order valence-corrected chi connectivity index (χ0v) is 10.3. The average Bonchev–Trinajstić information content (AvgIpc) is 2.74. The lowest BCUT2D eigenvalue weighted by molar-refractivity contribution is -0.135. The molecule has 1 aliphatic rings. The van der Waals surface area contributed by atoms with E-state index in [-0.39, 0.29) is 11.9 Å². The average molecular weight is 238 g/mol. The molecule has 6 nitrogen and oxygen atoms in total. The van der Waals surface area contributed by atoms with Gasteiger partial charge in [0.15, 0.2) is 5.82 Å². The Morgan fingerprint density at radius 2 is 2.41 bits per heavy atom. The van der Waals surface area contributed by atoms with E-state index in [4.69, 9.17) is 4.52 Å². The van der Waals surface area contributed by atoms with Crippen molar-refractivity contribution in [2.75, 3.05) is 20.1 Å². The number of nitrogens with one attached hydrogen (secondary N) is 1. The van der Waals surface area contributed by atoms with Crippen molar-refractivity contribution >= 4 is 5.91 Å². The van der Waals surface area contributed by atoms with Crippen molar-refractivity contribution in [2.45, 2.75) is 32.2 Å². The fourth-order valence-electron chi connectivity index (χ4n) is 2.10. The zero-order valence-electron chi connectivity index (χ0n) is 10.3.